The molecule has 1 aromatic heterocycles. The normalized spacial score (nSPS) is 10.5. The van der Waals surface area contributed by atoms with Crippen LogP contribution in [0.4, 0.5) is 5.82 Å². The van der Waals surface area contributed by atoms with E-state index in [1.165, 1.54) is 0 Å². The van der Waals surface area contributed by atoms with E-state index in [1.807, 2.05) is 61.5 Å². The molecule has 0 atom stereocenters. The molecule has 0 aliphatic carbocycles. The third-order valence-corrected chi connectivity index (χ3v) is 3.71. The number of nitrogens with one attached hydrogen (secondary N) is 1. The minimum absolute atomic E-state index is 0.619. The third kappa shape index (κ3) is 3.14. The van der Waals surface area contributed by atoms with E-state index in [9.17, 15) is 0 Å². The maximum absolute atomic E-state index is 4.71. The van der Waals surface area contributed by atoms with Crippen LogP contribution >= 0.6 is 15.9 Å². The first kappa shape index (κ1) is 14.7. The highest BCUT2D eigenvalue weighted by atomic mass is 79.9. The molecule has 0 amide bonds. The van der Waals surface area contributed by atoms with Gasteiger partial charge in [0.2, 0.25) is 0 Å². The van der Waals surface area contributed by atoms with Crippen LogP contribution in [-0.4, -0.2) is 21.7 Å². The van der Waals surface area contributed by atoms with Crippen LogP contribution in [0.1, 0.15) is 6.92 Å². The maximum Gasteiger partial charge on any atom is 0.182 e. The molecule has 0 spiro atoms. The monoisotopic (exact) mass is 354 g/mol. The van der Waals surface area contributed by atoms with Crippen LogP contribution in [0.5, 0.6) is 0 Å². The first-order chi connectivity index (χ1) is 10.8. The Morgan fingerprint density at radius 2 is 1.64 bits per heavy atom. The molecule has 110 valence electrons. The summed E-state index contributed by atoms with van der Waals surface area (Å²) in [5.74, 6) is 1.32. The molecule has 3 aromatic rings. The molecular weight excluding hydrogens is 340 g/mol. The molecule has 0 radical (unpaired) electrons. The molecule has 3 rings (SSSR count). The molecule has 1 heterocycles. The van der Waals surface area contributed by atoms with Crippen LogP contribution in [0.25, 0.3) is 22.6 Å². The second kappa shape index (κ2) is 6.66. The summed E-state index contributed by atoms with van der Waals surface area (Å²) in [5.41, 5.74) is 2.78. The second-order valence-corrected chi connectivity index (χ2v) is 5.65. The molecule has 0 saturated carbocycles. The highest BCUT2D eigenvalue weighted by molar-refractivity contribution is 9.10. The molecule has 1 N–H and O–H groups in total. The molecule has 0 aliphatic heterocycles. The van der Waals surface area contributed by atoms with E-state index in [4.69, 9.17) is 4.98 Å². The van der Waals surface area contributed by atoms with Crippen LogP contribution in [0, 0.1) is 0 Å². The number of rotatable bonds is 4. The molecule has 0 fully saturated rings. The maximum atomic E-state index is 4.71. The van der Waals surface area contributed by atoms with Gasteiger partial charge in [0.15, 0.2) is 11.6 Å². The Morgan fingerprint density at radius 1 is 0.909 bits per heavy atom. The van der Waals surface area contributed by atoms with E-state index < -0.39 is 0 Å². The molecule has 0 unspecified atom stereocenters. The summed E-state index contributed by atoms with van der Waals surface area (Å²) >= 11 is 3.43. The molecule has 4 nitrogen and oxygen atoms in total. The van der Waals surface area contributed by atoms with E-state index in [0.717, 1.165) is 27.8 Å². The highest BCUT2D eigenvalue weighted by Crippen LogP contribution is 2.26. The van der Waals surface area contributed by atoms with Gasteiger partial charge in [0, 0.05) is 22.1 Å². The topological polar surface area (TPSA) is 50.7 Å². The van der Waals surface area contributed by atoms with Crippen molar-refractivity contribution < 1.29 is 0 Å². The summed E-state index contributed by atoms with van der Waals surface area (Å²) in [7, 11) is 0. The number of nitrogens with zero attached hydrogens (tertiary/aromatic N) is 3. The number of hydrogen-bond donors (Lipinski definition) is 1. The fraction of sp³-hybridized carbons (Fsp3) is 0.118. The largest absolute Gasteiger partial charge is 0.367 e. The first-order valence-electron chi connectivity index (χ1n) is 7.08. The SMILES string of the molecule is CCNc1nnc(-c2ccc(Br)cc2)nc1-c1ccccc1. The van der Waals surface area contributed by atoms with E-state index >= 15 is 0 Å². The Hall–Kier alpha value is -2.27. The fourth-order valence-corrected chi connectivity index (χ4v) is 2.40. The van der Waals surface area contributed by atoms with Crippen molar-refractivity contribution in [3.05, 3.63) is 59.1 Å². The minimum atomic E-state index is 0.619. The van der Waals surface area contributed by atoms with Crippen LogP contribution in [-0.2, 0) is 0 Å². The third-order valence-electron chi connectivity index (χ3n) is 3.18. The van der Waals surface area contributed by atoms with Gasteiger partial charge in [-0.1, -0.05) is 58.4 Å². The Bertz CT molecular complexity index is 757. The summed E-state index contributed by atoms with van der Waals surface area (Å²) in [6.07, 6.45) is 0. The van der Waals surface area contributed by atoms with E-state index in [-0.39, 0.29) is 0 Å². The van der Waals surface area contributed by atoms with Gasteiger partial charge in [-0.25, -0.2) is 4.98 Å². The Balaban J connectivity index is 2.09. The Morgan fingerprint density at radius 3 is 2.32 bits per heavy atom. The summed E-state index contributed by atoms with van der Waals surface area (Å²) in [6.45, 7) is 2.80. The van der Waals surface area contributed by atoms with Crippen molar-refractivity contribution in [2.24, 2.45) is 0 Å². The van der Waals surface area contributed by atoms with Crippen molar-refractivity contribution in [1.29, 1.82) is 0 Å². The summed E-state index contributed by atoms with van der Waals surface area (Å²) < 4.78 is 1.02. The van der Waals surface area contributed by atoms with Gasteiger partial charge in [-0.2, -0.15) is 0 Å². The predicted molar refractivity (Wildman–Crippen MR) is 92.6 cm³/mol. The lowest BCUT2D eigenvalue weighted by Crippen LogP contribution is -2.06. The fourth-order valence-electron chi connectivity index (χ4n) is 2.13. The summed E-state index contributed by atoms with van der Waals surface area (Å²) in [4.78, 5) is 4.71. The zero-order chi connectivity index (χ0) is 15.4. The van der Waals surface area contributed by atoms with Crippen molar-refractivity contribution in [2.75, 3.05) is 11.9 Å². The zero-order valence-corrected chi connectivity index (χ0v) is 13.7. The molecule has 0 bridgehead atoms. The molecule has 5 heteroatoms. The van der Waals surface area contributed by atoms with Crippen molar-refractivity contribution in [2.45, 2.75) is 6.92 Å². The van der Waals surface area contributed by atoms with Gasteiger partial charge in [-0.05, 0) is 19.1 Å². The number of aromatic nitrogens is 3. The van der Waals surface area contributed by atoms with Crippen LogP contribution in [0.2, 0.25) is 0 Å². The molecule has 0 aliphatic rings. The molecule has 2 aromatic carbocycles. The molecular formula is C17H15BrN4. The average Bonchev–Trinajstić information content (AvgIpc) is 2.57. The quantitative estimate of drug-likeness (QED) is 0.754. The van der Waals surface area contributed by atoms with Crippen LogP contribution < -0.4 is 5.32 Å². The number of anilines is 1. The summed E-state index contributed by atoms with van der Waals surface area (Å²) in [6, 6.07) is 17.9. The van der Waals surface area contributed by atoms with Gasteiger partial charge >= 0.3 is 0 Å². The lowest BCUT2D eigenvalue weighted by Gasteiger charge is -2.10. The number of benzene rings is 2. The number of halogens is 1. The average molecular weight is 355 g/mol. The van der Waals surface area contributed by atoms with Gasteiger partial charge in [0.25, 0.3) is 0 Å². The lowest BCUT2D eigenvalue weighted by molar-refractivity contribution is 0.973. The van der Waals surface area contributed by atoms with Crippen molar-refractivity contribution in [3.8, 4) is 22.6 Å². The van der Waals surface area contributed by atoms with E-state index in [0.29, 0.717) is 11.6 Å². The zero-order valence-electron chi connectivity index (χ0n) is 12.1. The predicted octanol–water partition coefficient (Wildman–Crippen LogP) is 4.40. The van der Waals surface area contributed by atoms with E-state index in [2.05, 4.69) is 31.4 Å². The minimum Gasteiger partial charge on any atom is -0.367 e. The van der Waals surface area contributed by atoms with Crippen LogP contribution in [0.3, 0.4) is 0 Å². The standard InChI is InChI=1S/C17H15BrN4/c1-2-19-17-15(12-6-4-3-5-7-12)20-16(21-22-17)13-8-10-14(18)11-9-13/h3-11H,2H2,1H3,(H,19,22). The molecule has 22 heavy (non-hydrogen) atoms. The van der Waals surface area contributed by atoms with Gasteiger partial charge in [-0.3, -0.25) is 0 Å². The number of hydrogen-bond acceptors (Lipinski definition) is 4. The molecule has 0 saturated heterocycles. The summed E-state index contributed by atoms with van der Waals surface area (Å²) in [5, 5.41) is 11.8. The Labute approximate surface area is 137 Å². The highest BCUT2D eigenvalue weighted by Gasteiger charge is 2.11. The van der Waals surface area contributed by atoms with Crippen molar-refractivity contribution in [3.63, 3.8) is 0 Å². The van der Waals surface area contributed by atoms with Gasteiger partial charge in [-0.15, -0.1) is 10.2 Å². The van der Waals surface area contributed by atoms with E-state index in [1.54, 1.807) is 0 Å². The lowest BCUT2D eigenvalue weighted by atomic mass is 10.1. The van der Waals surface area contributed by atoms with Crippen LogP contribution in [0.15, 0.2) is 59.1 Å². The first-order valence-corrected chi connectivity index (χ1v) is 7.87. The van der Waals surface area contributed by atoms with Gasteiger partial charge < -0.3 is 5.32 Å². The van der Waals surface area contributed by atoms with Crippen molar-refractivity contribution in [1.82, 2.24) is 15.2 Å². The van der Waals surface area contributed by atoms with Gasteiger partial charge in [0.05, 0.1) is 0 Å². The van der Waals surface area contributed by atoms with Gasteiger partial charge in [0.1, 0.15) is 5.69 Å². The van der Waals surface area contributed by atoms with Crippen molar-refractivity contribution >= 4 is 21.7 Å². The Kier molecular flexibility index (Phi) is 4.44. The second-order valence-electron chi connectivity index (χ2n) is 4.74. The smallest absolute Gasteiger partial charge is 0.182 e.